The van der Waals surface area contributed by atoms with Crippen LogP contribution in [0.15, 0.2) is 47.1 Å². The lowest BCUT2D eigenvalue weighted by atomic mass is 9.97. The summed E-state index contributed by atoms with van der Waals surface area (Å²) in [4.78, 5) is 0. The fourth-order valence-electron chi connectivity index (χ4n) is 2.05. The van der Waals surface area contributed by atoms with Gasteiger partial charge in [0.05, 0.1) is 6.26 Å². The average molecular weight is 231 g/mol. The van der Waals surface area contributed by atoms with Crippen LogP contribution in [0.2, 0.25) is 5.02 Å². The molecule has 0 fully saturated rings. The van der Waals surface area contributed by atoms with Gasteiger partial charge in [-0.05, 0) is 42.2 Å². The first-order chi connectivity index (χ1) is 7.84. The van der Waals surface area contributed by atoms with E-state index in [4.69, 9.17) is 16.0 Å². The molecule has 0 bridgehead atoms. The summed E-state index contributed by atoms with van der Waals surface area (Å²) in [6.07, 6.45) is 10.2. The highest BCUT2D eigenvalue weighted by Gasteiger charge is 2.10. The molecule has 3 rings (SSSR count). The second-order valence-corrected chi connectivity index (χ2v) is 4.36. The molecule has 0 saturated heterocycles. The molecule has 80 valence electrons. The average Bonchev–Trinajstić information content (AvgIpc) is 2.76. The number of rotatable bonds is 1. The molecular weight excluding hydrogens is 220 g/mol. The smallest absolute Gasteiger partial charge is 0.134 e. The van der Waals surface area contributed by atoms with Crippen LogP contribution >= 0.6 is 11.6 Å². The van der Waals surface area contributed by atoms with Crippen molar-refractivity contribution in [2.24, 2.45) is 0 Å². The van der Waals surface area contributed by atoms with Gasteiger partial charge in [0.25, 0.3) is 0 Å². The number of halogens is 1. The van der Waals surface area contributed by atoms with Crippen molar-refractivity contribution < 1.29 is 4.42 Å². The topological polar surface area (TPSA) is 13.1 Å². The zero-order valence-electron chi connectivity index (χ0n) is 8.74. The van der Waals surface area contributed by atoms with E-state index in [-0.39, 0.29) is 0 Å². The van der Waals surface area contributed by atoms with Gasteiger partial charge in [0.2, 0.25) is 0 Å². The summed E-state index contributed by atoms with van der Waals surface area (Å²) in [5.41, 5.74) is 3.27. The van der Waals surface area contributed by atoms with Crippen molar-refractivity contribution in [1.82, 2.24) is 0 Å². The Morgan fingerprint density at radius 1 is 1.25 bits per heavy atom. The van der Waals surface area contributed by atoms with Crippen LogP contribution in [0.1, 0.15) is 18.4 Å². The highest BCUT2D eigenvalue weighted by Crippen LogP contribution is 2.33. The van der Waals surface area contributed by atoms with E-state index in [1.807, 2.05) is 18.2 Å². The molecule has 0 spiro atoms. The van der Waals surface area contributed by atoms with Gasteiger partial charge in [-0.1, -0.05) is 29.8 Å². The van der Waals surface area contributed by atoms with Crippen molar-refractivity contribution >= 4 is 28.1 Å². The maximum atomic E-state index is 6.29. The second kappa shape index (κ2) is 3.84. The molecule has 1 aliphatic carbocycles. The van der Waals surface area contributed by atoms with E-state index < -0.39 is 0 Å². The Bertz CT molecular complexity index is 590. The van der Waals surface area contributed by atoms with Crippen molar-refractivity contribution in [3.63, 3.8) is 0 Å². The van der Waals surface area contributed by atoms with Gasteiger partial charge in [-0.15, -0.1) is 0 Å². The summed E-state index contributed by atoms with van der Waals surface area (Å²) in [5.74, 6) is 0. The van der Waals surface area contributed by atoms with Crippen molar-refractivity contribution in [2.75, 3.05) is 0 Å². The number of furan rings is 1. The zero-order chi connectivity index (χ0) is 11.0. The maximum Gasteiger partial charge on any atom is 0.134 e. The van der Waals surface area contributed by atoms with Crippen LogP contribution in [0.5, 0.6) is 0 Å². The molecule has 1 aromatic heterocycles. The summed E-state index contributed by atoms with van der Waals surface area (Å²) in [7, 11) is 0. The fraction of sp³-hybridized carbons (Fsp3) is 0.143. The molecule has 0 N–H and O–H groups in total. The van der Waals surface area contributed by atoms with Crippen molar-refractivity contribution in [3.05, 3.63) is 53.3 Å². The van der Waals surface area contributed by atoms with Gasteiger partial charge >= 0.3 is 0 Å². The molecule has 0 atom stereocenters. The first kappa shape index (κ1) is 9.73. The summed E-state index contributed by atoms with van der Waals surface area (Å²) in [5, 5.41) is 1.86. The molecule has 0 unspecified atom stereocenters. The van der Waals surface area contributed by atoms with E-state index in [1.54, 1.807) is 6.26 Å². The minimum Gasteiger partial charge on any atom is -0.464 e. The third-order valence-electron chi connectivity index (χ3n) is 2.90. The number of hydrogen-bond donors (Lipinski definition) is 0. The molecule has 0 radical (unpaired) electrons. The van der Waals surface area contributed by atoms with Crippen LogP contribution in [0, 0.1) is 0 Å². The highest BCUT2D eigenvalue weighted by molar-refractivity contribution is 6.33. The fourth-order valence-corrected chi connectivity index (χ4v) is 2.35. The van der Waals surface area contributed by atoms with E-state index in [0.29, 0.717) is 0 Å². The first-order valence-electron chi connectivity index (χ1n) is 5.37. The molecule has 16 heavy (non-hydrogen) atoms. The molecule has 0 aliphatic heterocycles. The lowest BCUT2D eigenvalue weighted by molar-refractivity contribution is 0.616. The van der Waals surface area contributed by atoms with Crippen LogP contribution in [-0.2, 0) is 0 Å². The van der Waals surface area contributed by atoms with Crippen LogP contribution in [0.25, 0.3) is 16.5 Å². The summed E-state index contributed by atoms with van der Waals surface area (Å²) in [6.45, 7) is 0. The van der Waals surface area contributed by atoms with E-state index in [1.165, 1.54) is 5.57 Å². The minimum absolute atomic E-state index is 0.801. The predicted molar refractivity (Wildman–Crippen MR) is 67.6 cm³/mol. The summed E-state index contributed by atoms with van der Waals surface area (Å²) < 4.78 is 5.40. The predicted octanol–water partition coefficient (Wildman–Crippen LogP) is 4.82. The van der Waals surface area contributed by atoms with Gasteiger partial charge in [0.1, 0.15) is 5.58 Å². The van der Waals surface area contributed by atoms with Crippen molar-refractivity contribution in [2.45, 2.75) is 12.8 Å². The molecule has 1 heterocycles. The largest absolute Gasteiger partial charge is 0.464 e. The standard InChI is InChI=1S/C14H11ClO/c15-13-8-11-6-7-16-14(11)9-12(13)10-4-2-1-3-5-10/h1-2,4,6-9H,3,5H2. The lowest BCUT2D eigenvalue weighted by Crippen LogP contribution is -1.89. The van der Waals surface area contributed by atoms with E-state index in [9.17, 15) is 0 Å². The van der Waals surface area contributed by atoms with Crippen molar-refractivity contribution in [3.8, 4) is 0 Å². The van der Waals surface area contributed by atoms with Gasteiger partial charge < -0.3 is 4.42 Å². The normalized spacial score (nSPS) is 15.4. The van der Waals surface area contributed by atoms with E-state index in [0.717, 1.165) is 34.4 Å². The van der Waals surface area contributed by atoms with E-state index in [2.05, 4.69) is 18.2 Å². The Balaban J connectivity index is 2.18. The Kier molecular flexibility index (Phi) is 2.33. The Labute approximate surface area is 99.0 Å². The molecule has 1 aromatic carbocycles. The van der Waals surface area contributed by atoms with Crippen LogP contribution in [0.4, 0.5) is 0 Å². The highest BCUT2D eigenvalue weighted by atomic mass is 35.5. The molecule has 2 aromatic rings. The monoisotopic (exact) mass is 230 g/mol. The number of hydrogen-bond acceptors (Lipinski definition) is 1. The molecule has 1 aliphatic rings. The molecule has 1 nitrogen and oxygen atoms in total. The molecular formula is C14H11ClO. The SMILES string of the molecule is Clc1cc2ccoc2cc1C1=CC=CCC1. The third kappa shape index (κ3) is 1.57. The van der Waals surface area contributed by atoms with Gasteiger partial charge in [-0.3, -0.25) is 0 Å². The second-order valence-electron chi connectivity index (χ2n) is 3.95. The first-order valence-corrected chi connectivity index (χ1v) is 5.75. The number of fused-ring (bicyclic) bond motifs is 1. The van der Waals surface area contributed by atoms with Gasteiger partial charge in [0.15, 0.2) is 0 Å². The summed E-state index contributed by atoms with van der Waals surface area (Å²) in [6, 6.07) is 5.93. The Morgan fingerprint density at radius 2 is 2.19 bits per heavy atom. The van der Waals surface area contributed by atoms with Crippen LogP contribution in [-0.4, -0.2) is 0 Å². The summed E-state index contributed by atoms with van der Waals surface area (Å²) >= 11 is 6.29. The quantitative estimate of drug-likeness (QED) is 0.685. The third-order valence-corrected chi connectivity index (χ3v) is 3.21. The number of benzene rings is 1. The maximum absolute atomic E-state index is 6.29. The molecule has 0 saturated carbocycles. The van der Waals surface area contributed by atoms with Crippen LogP contribution < -0.4 is 0 Å². The van der Waals surface area contributed by atoms with Gasteiger partial charge in [-0.2, -0.15) is 0 Å². The van der Waals surface area contributed by atoms with Crippen LogP contribution in [0.3, 0.4) is 0 Å². The molecule has 0 amide bonds. The zero-order valence-corrected chi connectivity index (χ0v) is 9.50. The minimum atomic E-state index is 0.801. The van der Waals surface area contributed by atoms with Crippen molar-refractivity contribution in [1.29, 1.82) is 0 Å². The van der Waals surface area contributed by atoms with Gasteiger partial charge in [-0.25, -0.2) is 0 Å². The van der Waals surface area contributed by atoms with Gasteiger partial charge in [0, 0.05) is 10.4 Å². The van der Waals surface area contributed by atoms with E-state index >= 15 is 0 Å². The molecule has 2 heteroatoms. The lowest BCUT2D eigenvalue weighted by Gasteiger charge is -2.10. The Morgan fingerprint density at radius 3 is 3.00 bits per heavy atom. The number of allylic oxidation sites excluding steroid dienone is 4. The Hall–Kier alpha value is -1.47.